The number of amides is 2. The van der Waals surface area contributed by atoms with Crippen LogP contribution in [0.3, 0.4) is 0 Å². The minimum atomic E-state index is -0.904. The van der Waals surface area contributed by atoms with Crippen molar-refractivity contribution in [1.29, 1.82) is 0 Å². The molecule has 2 amide bonds. The number of ether oxygens (including phenoxy) is 2. The predicted molar refractivity (Wildman–Crippen MR) is 150 cm³/mol. The Kier molecular flexibility index (Phi) is 7.07. The van der Waals surface area contributed by atoms with Gasteiger partial charge in [-0.3, -0.25) is 9.69 Å². The lowest BCUT2D eigenvalue weighted by molar-refractivity contribution is -0.121. The molecule has 5 rings (SSSR count). The number of hydrogen-bond acceptors (Lipinski definition) is 5. The molecule has 0 radical (unpaired) electrons. The molecule has 0 atom stereocenters. The van der Waals surface area contributed by atoms with Crippen LogP contribution in [-0.4, -0.2) is 59.4 Å². The van der Waals surface area contributed by atoms with Crippen molar-refractivity contribution in [3.05, 3.63) is 66.2 Å². The summed E-state index contributed by atoms with van der Waals surface area (Å²) in [5, 5.41) is 10.1. The van der Waals surface area contributed by atoms with E-state index in [1.165, 1.54) is 0 Å². The van der Waals surface area contributed by atoms with E-state index in [1.54, 1.807) is 16.9 Å². The molecule has 0 unspecified atom stereocenters. The maximum absolute atomic E-state index is 12.7. The van der Waals surface area contributed by atoms with Crippen molar-refractivity contribution < 1.29 is 24.2 Å². The summed E-state index contributed by atoms with van der Waals surface area (Å²) in [4.78, 5) is 33.2. The Morgan fingerprint density at radius 2 is 1.79 bits per heavy atom. The Labute approximate surface area is 229 Å². The summed E-state index contributed by atoms with van der Waals surface area (Å²) in [6, 6.07) is 20.0. The normalized spacial score (nSPS) is 16.2. The van der Waals surface area contributed by atoms with Crippen LogP contribution in [0.2, 0.25) is 0 Å². The number of hydrogen-bond donors (Lipinski definition) is 1. The molecule has 2 heterocycles. The monoisotopic (exact) mass is 529 g/mol. The lowest BCUT2D eigenvalue weighted by atomic mass is 9.69. The van der Waals surface area contributed by atoms with Gasteiger partial charge in [0.2, 0.25) is 5.88 Å². The van der Waals surface area contributed by atoms with Crippen molar-refractivity contribution in [1.82, 2.24) is 9.88 Å². The number of anilines is 1. The number of fused-ring (bicyclic) bond motifs is 1. The molecule has 8 heteroatoms. The van der Waals surface area contributed by atoms with E-state index in [9.17, 15) is 14.7 Å². The minimum Gasteiger partial charge on any atom is -0.466 e. The topological polar surface area (TPSA) is 92.2 Å². The Morgan fingerprint density at radius 3 is 2.36 bits per heavy atom. The van der Waals surface area contributed by atoms with Gasteiger partial charge in [0.25, 0.3) is 5.91 Å². The molecule has 1 aliphatic carbocycles. The molecule has 8 nitrogen and oxygen atoms in total. The van der Waals surface area contributed by atoms with Crippen LogP contribution in [0.25, 0.3) is 22.4 Å². The average Bonchev–Trinajstić information content (AvgIpc) is 2.89. The number of carboxylic acid groups (broad SMARTS) is 1. The Balaban J connectivity index is 1.60. The molecule has 2 aromatic carbocycles. The fourth-order valence-corrected chi connectivity index (χ4v) is 5.82. The summed E-state index contributed by atoms with van der Waals surface area (Å²) < 4.78 is 11.0. The first-order valence-corrected chi connectivity index (χ1v) is 13.3. The van der Waals surface area contributed by atoms with Crippen molar-refractivity contribution >= 4 is 17.7 Å². The predicted octanol–water partition coefficient (Wildman–Crippen LogP) is 5.95. The molecule has 1 aliphatic heterocycles. The van der Waals surface area contributed by atoms with E-state index in [0.717, 1.165) is 47.2 Å². The smallest absolute Gasteiger partial charge is 0.408 e. The van der Waals surface area contributed by atoms with Crippen LogP contribution in [0.4, 0.5) is 10.5 Å². The lowest BCUT2D eigenvalue weighted by Crippen LogP contribution is -2.60. The van der Waals surface area contributed by atoms with Crippen molar-refractivity contribution in [2.45, 2.75) is 51.1 Å². The van der Waals surface area contributed by atoms with Crippen molar-refractivity contribution in [2.75, 3.05) is 31.8 Å². The highest BCUT2D eigenvalue weighted by Crippen LogP contribution is 2.50. The number of methoxy groups -OCH3 is 1. The number of aromatic nitrogens is 1. The Bertz CT molecular complexity index is 1360. The van der Waals surface area contributed by atoms with Crippen LogP contribution in [0.5, 0.6) is 5.88 Å². The van der Waals surface area contributed by atoms with E-state index >= 15 is 0 Å². The third-order valence-electron chi connectivity index (χ3n) is 7.66. The molecule has 1 aromatic heterocycles. The molecule has 1 fully saturated rings. The maximum Gasteiger partial charge on any atom is 0.408 e. The molecule has 0 saturated heterocycles. The van der Waals surface area contributed by atoms with Crippen LogP contribution >= 0.6 is 0 Å². The summed E-state index contributed by atoms with van der Waals surface area (Å²) in [6.45, 7) is 6.57. The van der Waals surface area contributed by atoms with Crippen LogP contribution in [0.1, 0.15) is 45.6 Å². The standard InChI is InChI=1S/C31H35N3O5/c1-30(2,3)34(29(36)37)31(15-8-16-31)23-13-11-22(12-14-23)27-24(21-9-6-5-7-10-21)19-25-28(32-27)39-20-26(35)33(25)17-18-38-4/h5-7,9-14,19H,8,15-18,20H2,1-4H3,(H,36,37). The molecule has 0 bridgehead atoms. The highest BCUT2D eigenvalue weighted by Gasteiger charge is 2.50. The van der Waals surface area contributed by atoms with Gasteiger partial charge in [0, 0.05) is 30.3 Å². The van der Waals surface area contributed by atoms with Gasteiger partial charge in [0.1, 0.15) is 5.69 Å². The van der Waals surface area contributed by atoms with E-state index in [0.29, 0.717) is 24.7 Å². The van der Waals surface area contributed by atoms with E-state index in [1.807, 2.05) is 81.4 Å². The number of rotatable bonds is 7. The molecule has 204 valence electrons. The second-order valence-corrected chi connectivity index (χ2v) is 11.2. The fourth-order valence-electron chi connectivity index (χ4n) is 5.82. The summed E-state index contributed by atoms with van der Waals surface area (Å²) >= 11 is 0. The first-order chi connectivity index (χ1) is 18.7. The van der Waals surface area contributed by atoms with Crippen molar-refractivity contribution in [2.24, 2.45) is 0 Å². The summed E-state index contributed by atoms with van der Waals surface area (Å²) in [6.07, 6.45) is 1.67. The largest absolute Gasteiger partial charge is 0.466 e. The first-order valence-electron chi connectivity index (χ1n) is 13.3. The van der Waals surface area contributed by atoms with Crippen molar-refractivity contribution in [3.63, 3.8) is 0 Å². The molecular formula is C31H35N3O5. The molecule has 0 spiro atoms. The quantitative estimate of drug-likeness (QED) is 0.407. The van der Waals surface area contributed by atoms with Gasteiger partial charge >= 0.3 is 6.09 Å². The number of pyridine rings is 1. The minimum absolute atomic E-state index is 0.0763. The average molecular weight is 530 g/mol. The zero-order chi connectivity index (χ0) is 27.8. The van der Waals surface area contributed by atoms with E-state index in [-0.39, 0.29) is 12.5 Å². The van der Waals surface area contributed by atoms with Crippen LogP contribution in [-0.2, 0) is 15.1 Å². The fraction of sp³-hybridized carbons (Fsp3) is 0.387. The highest BCUT2D eigenvalue weighted by atomic mass is 16.5. The summed E-state index contributed by atoms with van der Waals surface area (Å²) in [5.41, 5.74) is 4.01. The molecular weight excluding hydrogens is 494 g/mol. The van der Waals surface area contributed by atoms with Crippen LogP contribution in [0.15, 0.2) is 60.7 Å². The molecule has 39 heavy (non-hydrogen) atoms. The van der Waals surface area contributed by atoms with Gasteiger partial charge in [-0.15, -0.1) is 0 Å². The highest BCUT2D eigenvalue weighted by molar-refractivity contribution is 5.99. The zero-order valence-corrected chi connectivity index (χ0v) is 22.9. The zero-order valence-electron chi connectivity index (χ0n) is 22.9. The van der Waals surface area contributed by atoms with Gasteiger partial charge in [-0.1, -0.05) is 54.6 Å². The Hall–Kier alpha value is -3.91. The number of carbonyl (C=O) groups is 2. The lowest BCUT2D eigenvalue weighted by Gasteiger charge is -2.54. The van der Waals surface area contributed by atoms with Crippen LogP contribution < -0.4 is 9.64 Å². The summed E-state index contributed by atoms with van der Waals surface area (Å²) in [7, 11) is 1.61. The molecule has 1 saturated carbocycles. The Morgan fingerprint density at radius 1 is 1.10 bits per heavy atom. The molecule has 1 N–H and O–H groups in total. The van der Waals surface area contributed by atoms with Crippen molar-refractivity contribution in [3.8, 4) is 28.3 Å². The second kappa shape index (κ2) is 10.3. The maximum atomic E-state index is 12.7. The summed E-state index contributed by atoms with van der Waals surface area (Å²) in [5.74, 6) is 0.273. The third kappa shape index (κ3) is 4.85. The van der Waals surface area contributed by atoms with Gasteiger partial charge in [-0.2, -0.15) is 0 Å². The second-order valence-electron chi connectivity index (χ2n) is 11.2. The van der Waals surface area contributed by atoms with Gasteiger partial charge in [0.05, 0.1) is 17.8 Å². The first kappa shape index (κ1) is 26.7. The van der Waals surface area contributed by atoms with E-state index in [4.69, 9.17) is 14.5 Å². The van der Waals surface area contributed by atoms with E-state index in [2.05, 4.69) is 0 Å². The molecule has 2 aliphatic rings. The van der Waals surface area contributed by atoms with Gasteiger partial charge in [0.15, 0.2) is 6.61 Å². The number of nitrogens with zero attached hydrogens (tertiary/aromatic N) is 3. The SMILES string of the molecule is COCCN1C(=O)COc2nc(-c3ccc(C4(N(C(=O)O)C(C)(C)C)CCC4)cc3)c(-c3ccccc3)cc21. The van der Waals surface area contributed by atoms with Gasteiger partial charge in [-0.05, 0) is 57.2 Å². The molecule has 3 aromatic rings. The van der Waals surface area contributed by atoms with Gasteiger partial charge < -0.3 is 19.5 Å². The van der Waals surface area contributed by atoms with Gasteiger partial charge in [-0.25, -0.2) is 9.78 Å². The van der Waals surface area contributed by atoms with Crippen LogP contribution in [0, 0.1) is 0 Å². The number of benzene rings is 2. The third-order valence-corrected chi connectivity index (χ3v) is 7.66. The number of carbonyl (C=O) groups excluding carboxylic acids is 1. The van der Waals surface area contributed by atoms with E-state index < -0.39 is 17.2 Å².